The maximum atomic E-state index is 12.5. The number of nitrogens with zero attached hydrogens (tertiary/aromatic N) is 2. The molecule has 0 amide bonds. The zero-order chi connectivity index (χ0) is 20.3. The fourth-order valence-corrected chi connectivity index (χ4v) is 3.72. The first-order chi connectivity index (χ1) is 13.3. The van der Waals surface area contributed by atoms with Gasteiger partial charge in [0.05, 0.1) is 13.7 Å². The van der Waals surface area contributed by atoms with Crippen LogP contribution in [0.1, 0.15) is 24.5 Å². The molecule has 156 valence electrons. The van der Waals surface area contributed by atoms with Crippen molar-refractivity contribution in [2.45, 2.75) is 44.6 Å². The summed E-state index contributed by atoms with van der Waals surface area (Å²) in [5.41, 5.74) is 2.06. The van der Waals surface area contributed by atoms with Gasteiger partial charge in [0.25, 0.3) is 0 Å². The fraction of sp³-hybridized carbons (Fsp3) is 0.632. The number of rotatable bonds is 5. The van der Waals surface area contributed by atoms with Gasteiger partial charge in [-0.25, -0.2) is 0 Å². The van der Waals surface area contributed by atoms with Crippen LogP contribution >= 0.6 is 0 Å². The molecule has 1 aromatic carbocycles. The second-order valence-electron chi connectivity index (χ2n) is 7.31. The number of nitrogens with one attached hydrogen (secondary N) is 2. The molecule has 0 saturated carbocycles. The van der Waals surface area contributed by atoms with Crippen molar-refractivity contribution in [1.29, 1.82) is 0 Å². The number of likely N-dealkylation sites (tertiary alicyclic amines) is 1. The predicted octanol–water partition coefficient (Wildman–Crippen LogP) is 2.32. The largest absolute Gasteiger partial charge is 0.496 e. The molecule has 3 rings (SSSR count). The highest BCUT2D eigenvalue weighted by Gasteiger charge is 2.34. The molecule has 2 atom stereocenters. The van der Waals surface area contributed by atoms with E-state index in [0.29, 0.717) is 32.0 Å². The van der Waals surface area contributed by atoms with E-state index < -0.39 is 12.7 Å². The number of methoxy groups -OCH3 is 1. The minimum Gasteiger partial charge on any atom is -0.496 e. The van der Waals surface area contributed by atoms with Gasteiger partial charge in [0, 0.05) is 50.3 Å². The van der Waals surface area contributed by atoms with Crippen LogP contribution in [0.15, 0.2) is 17.1 Å². The van der Waals surface area contributed by atoms with Crippen molar-refractivity contribution in [3.8, 4) is 11.5 Å². The molecule has 0 aliphatic carbocycles. The van der Waals surface area contributed by atoms with Crippen LogP contribution in [0.5, 0.6) is 11.5 Å². The standard InChI is InChI=1S/C19H27F3N4O2/c1-12-6-13-7-16(27-3)14(8-17(13)28-12)9-24-18(23-2)25-15-4-5-26(10-15)11-19(20,21)22/h7-8,12,15H,4-6,9-11H2,1-3H3,(H2,23,24,25). The second-order valence-corrected chi connectivity index (χ2v) is 7.31. The van der Waals surface area contributed by atoms with Crippen LogP contribution in [0, 0.1) is 0 Å². The van der Waals surface area contributed by atoms with Gasteiger partial charge in [-0.2, -0.15) is 13.2 Å². The van der Waals surface area contributed by atoms with E-state index in [1.807, 2.05) is 19.1 Å². The molecule has 6 nitrogen and oxygen atoms in total. The van der Waals surface area contributed by atoms with Gasteiger partial charge in [0.15, 0.2) is 5.96 Å². The Kier molecular flexibility index (Phi) is 6.22. The summed E-state index contributed by atoms with van der Waals surface area (Å²) in [6, 6.07) is 3.90. The Balaban J connectivity index is 1.56. The number of halogens is 3. The predicted molar refractivity (Wildman–Crippen MR) is 101 cm³/mol. The number of hydrogen-bond donors (Lipinski definition) is 2. The molecule has 0 aromatic heterocycles. The van der Waals surface area contributed by atoms with E-state index in [4.69, 9.17) is 9.47 Å². The molecule has 1 fully saturated rings. The van der Waals surface area contributed by atoms with Gasteiger partial charge in [-0.15, -0.1) is 0 Å². The Morgan fingerprint density at radius 3 is 2.86 bits per heavy atom. The third kappa shape index (κ3) is 5.21. The fourth-order valence-electron chi connectivity index (χ4n) is 3.72. The van der Waals surface area contributed by atoms with Gasteiger partial charge in [-0.1, -0.05) is 0 Å². The second kappa shape index (κ2) is 8.46. The maximum Gasteiger partial charge on any atom is 0.401 e. The van der Waals surface area contributed by atoms with Crippen molar-refractivity contribution in [1.82, 2.24) is 15.5 Å². The summed E-state index contributed by atoms with van der Waals surface area (Å²) in [6.07, 6.45) is -2.51. The Morgan fingerprint density at radius 1 is 1.39 bits per heavy atom. The van der Waals surface area contributed by atoms with Crippen LogP contribution in [-0.4, -0.2) is 63.0 Å². The van der Waals surface area contributed by atoms with Crippen LogP contribution < -0.4 is 20.1 Å². The molecule has 2 heterocycles. The van der Waals surface area contributed by atoms with Crippen LogP contribution in [0.25, 0.3) is 0 Å². The Labute approximate surface area is 163 Å². The Morgan fingerprint density at radius 2 is 2.18 bits per heavy atom. The highest BCUT2D eigenvalue weighted by molar-refractivity contribution is 5.80. The molecule has 9 heteroatoms. The molecule has 0 spiro atoms. The normalized spacial score (nSPS) is 22.7. The highest BCUT2D eigenvalue weighted by atomic mass is 19.4. The minimum atomic E-state index is -4.17. The van der Waals surface area contributed by atoms with Crippen LogP contribution in [0.2, 0.25) is 0 Å². The first-order valence-corrected chi connectivity index (χ1v) is 9.40. The molecule has 2 N–H and O–H groups in total. The molecular formula is C19H27F3N4O2. The van der Waals surface area contributed by atoms with Gasteiger partial charge in [-0.3, -0.25) is 9.89 Å². The molecule has 1 saturated heterocycles. The number of aliphatic imine (C=N–C) groups is 1. The number of hydrogen-bond acceptors (Lipinski definition) is 4. The van der Waals surface area contributed by atoms with Crippen LogP contribution in [-0.2, 0) is 13.0 Å². The molecule has 28 heavy (non-hydrogen) atoms. The van der Waals surface area contributed by atoms with Gasteiger partial charge in [0.1, 0.15) is 17.6 Å². The van der Waals surface area contributed by atoms with Crippen LogP contribution in [0.3, 0.4) is 0 Å². The van der Waals surface area contributed by atoms with E-state index in [0.717, 1.165) is 29.0 Å². The van der Waals surface area contributed by atoms with Gasteiger partial charge >= 0.3 is 6.18 Å². The summed E-state index contributed by atoms with van der Waals surface area (Å²) in [5, 5.41) is 6.42. The zero-order valence-corrected chi connectivity index (χ0v) is 16.4. The number of benzene rings is 1. The molecule has 0 radical (unpaired) electrons. The van der Waals surface area contributed by atoms with Gasteiger partial charge in [-0.05, 0) is 25.5 Å². The van der Waals surface area contributed by atoms with Crippen molar-refractivity contribution in [3.05, 3.63) is 23.3 Å². The lowest BCUT2D eigenvalue weighted by Gasteiger charge is -2.20. The van der Waals surface area contributed by atoms with E-state index in [-0.39, 0.29) is 12.1 Å². The summed E-state index contributed by atoms with van der Waals surface area (Å²) in [4.78, 5) is 5.60. The van der Waals surface area contributed by atoms with Crippen molar-refractivity contribution in [2.75, 3.05) is 33.8 Å². The van der Waals surface area contributed by atoms with E-state index in [2.05, 4.69) is 15.6 Å². The van der Waals surface area contributed by atoms with Crippen LogP contribution in [0.4, 0.5) is 13.2 Å². The van der Waals surface area contributed by atoms with E-state index >= 15 is 0 Å². The summed E-state index contributed by atoms with van der Waals surface area (Å²) in [5.74, 6) is 2.19. The monoisotopic (exact) mass is 400 g/mol. The summed E-state index contributed by atoms with van der Waals surface area (Å²) < 4.78 is 48.9. The van der Waals surface area contributed by atoms with Crippen molar-refractivity contribution >= 4 is 5.96 Å². The average molecular weight is 400 g/mol. The molecular weight excluding hydrogens is 373 g/mol. The number of alkyl halides is 3. The van der Waals surface area contributed by atoms with Gasteiger partial charge in [0.2, 0.25) is 0 Å². The number of fused-ring (bicyclic) bond motifs is 1. The number of guanidine groups is 1. The first kappa shape index (κ1) is 20.6. The van der Waals surface area contributed by atoms with E-state index in [9.17, 15) is 13.2 Å². The minimum absolute atomic E-state index is 0.0698. The lowest BCUT2D eigenvalue weighted by molar-refractivity contribution is -0.143. The van der Waals surface area contributed by atoms with Crippen molar-refractivity contribution < 1.29 is 22.6 Å². The number of ether oxygens (including phenoxy) is 2. The SMILES string of the molecule is CN=C(NCc1cc2c(cc1OC)CC(C)O2)NC1CCN(CC(F)(F)F)C1. The zero-order valence-electron chi connectivity index (χ0n) is 16.4. The molecule has 2 aliphatic heterocycles. The summed E-state index contributed by atoms with van der Waals surface area (Å²) >= 11 is 0. The van der Waals surface area contributed by atoms with E-state index in [1.165, 1.54) is 4.90 Å². The van der Waals surface area contributed by atoms with Gasteiger partial charge < -0.3 is 20.1 Å². The molecule has 1 aromatic rings. The topological polar surface area (TPSA) is 58.1 Å². The van der Waals surface area contributed by atoms with Crippen molar-refractivity contribution in [2.24, 2.45) is 4.99 Å². The Bertz CT molecular complexity index is 724. The smallest absolute Gasteiger partial charge is 0.401 e. The summed E-state index contributed by atoms with van der Waals surface area (Å²) in [6.45, 7) is 2.38. The molecule has 0 bridgehead atoms. The highest BCUT2D eigenvalue weighted by Crippen LogP contribution is 2.34. The average Bonchev–Trinajstić information content (AvgIpc) is 3.20. The van der Waals surface area contributed by atoms with E-state index in [1.54, 1.807) is 14.2 Å². The third-order valence-corrected chi connectivity index (χ3v) is 4.99. The van der Waals surface area contributed by atoms with Crippen molar-refractivity contribution in [3.63, 3.8) is 0 Å². The molecule has 2 unspecified atom stereocenters. The quantitative estimate of drug-likeness (QED) is 0.587. The first-order valence-electron chi connectivity index (χ1n) is 9.40. The third-order valence-electron chi connectivity index (χ3n) is 4.99. The lowest BCUT2D eigenvalue weighted by atomic mass is 10.1. The molecule has 2 aliphatic rings. The summed E-state index contributed by atoms with van der Waals surface area (Å²) in [7, 11) is 3.27. The Hall–Kier alpha value is -2.16. The maximum absolute atomic E-state index is 12.5. The lowest BCUT2D eigenvalue weighted by Crippen LogP contribution is -2.44.